The molecule has 0 bridgehead atoms. The molecule has 0 saturated heterocycles. The van der Waals surface area contributed by atoms with Crippen molar-refractivity contribution in [2.45, 2.75) is 13.1 Å². The second kappa shape index (κ2) is 3.53. The number of likely N-dealkylation sites (N-methyl/N-ethyl adjacent to an activating group) is 1. The van der Waals surface area contributed by atoms with Crippen molar-refractivity contribution in [1.29, 1.82) is 0 Å². The van der Waals surface area contributed by atoms with Crippen LogP contribution in [0.2, 0.25) is 0 Å². The number of nitro benzene ring substituents is 1. The number of hydrogen-bond acceptors (Lipinski definition) is 4. The Kier molecular flexibility index (Phi) is 2.12. The summed E-state index contributed by atoms with van der Waals surface area (Å²) in [6, 6.07) is 4.87. The number of imidazole rings is 1. The number of nitro groups is 1. The normalized spacial score (nSPS) is 16.1. The van der Waals surface area contributed by atoms with Gasteiger partial charge in [-0.25, -0.2) is 4.98 Å². The molecule has 0 atom stereocenters. The van der Waals surface area contributed by atoms with E-state index in [4.69, 9.17) is 0 Å². The Morgan fingerprint density at radius 2 is 2.24 bits per heavy atom. The van der Waals surface area contributed by atoms with Crippen LogP contribution in [0.4, 0.5) is 5.69 Å². The average Bonchev–Trinajstić information content (AvgIpc) is 2.64. The van der Waals surface area contributed by atoms with E-state index >= 15 is 0 Å². The van der Waals surface area contributed by atoms with Crippen LogP contribution in [0.1, 0.15) is 5.82 Å². The first-order valence-electron chi connectivity index (χ1n) is 5.47. The Hall–Kier alpha value is -1.95. The Bertz CT molecular complexity index is 605. The summed E-state index contributed by atoms with van der Waals surface area (Å²) in [7, 11) is 2.05. The fraction of sp³-hybridized carbons (Fsp3) is 0.364. The van der Waals surface area contributed by atoms with Crippen molar-refractivity contribution in [3.8, 4) is 0 Å². The molecule has 0 amide bonds. The molecule has 6 heteroatoms. The van der Waals surface area contributed by atoms with E-state index < -0.39 is 0 Å². The van der Waals surface area contributed by atoms with Crippen LogP contribution in [0.5, 0.6) is 0 Å². The van der Waals surface area contributed by atoms with Crippen LogP contribution in [-0.2, 0) is 13.1 Å². The van der Waals surface area contributed by atoms with E-state index in [1.807, 2.05) is 7.05 Å². The third kappa shape index (κ3) is 1.57. The molecule has 0 radical (unpaired) electrons. The lowest BCUT2D eigenvalue weighted by atomic mass is 10.3. The van der Waals surface area contributed by atoms with Crippen molar-refractivity contribution in [2.24, 2.45) is 0 Å². The van der Waals surface area contributed by atoms with Gasteiger partial charge in [-0.05, 0) is 13.1 Å². The average molecular weight is 232 g/mol. The second-order valence-corrected chi connectivity index (χ2v) is 4.35. The van der Waals surface area contributed by atoms with Gasteiger partial charge in [-0.2, -0.15) is 0 Å². The second-order valence-electron chi connectivity index (χ2n) is 4.35. The maximum Gasteiger partial charge on any atom is 0.271 e. The zero-order valence-corrected chi connectivity index (χ0v) is 9.46. The van der Waals surface area contributed by atoms with Crippen LogP contribution in [-0.4, -0.2) is 33.0 Å². The zero-order chi connectivity index (χ0) is 12.0. The fourth-order valence-corrected chi connectivity index (χ4v) is 2.24. The molecule has 1 aliphatic heterocycles. The van der Waals surface area contributed by atoms with Crippen LogP contribution >= 0.6 is 0 Å². The number of non-ortho nitro benzene ring substituents is 1. The van der Waals surface area contributed by atoms with Crippen LogP contribution in [0.3, 0.4) is 0 Å². The molecule has 1 aliphatic rings. The van der Waals surface area contributed by atoms with Gasteiger partial charge in [0.25, 0.3) is 5.69 Å². The van der Waals surface area contributed by atoms with Crippen LogP contribution < -0.4 is 0 Å². The monoisotopic (exact) mass is 232 g/mol. The first-order valence-corrected chi connectivity index (χ1v) is 5.47. The first kappa shape index (κ1) is 10.2. The topological polar surface area (TPSA) is 64.2 Å². The van der Waals surface area contributed by atoms with Crippen molar-refractivity contribution in [1.82, 2.24) is 14.5 Å². The van der Waals surface area contributed by atoms with Gasteiger partial charge < -0.3 is 4.57 Å². The summed E-state index contributed by atoms with van der Waals surface area (Å²) in [5, 5.41) is 10.7. The SMILES string of the molecule is CN1CCn2c(nc3cc([N+](=O)[O-])ccc32)C1. The molecule has 2 aromatic rings. The Morgan fingerprint density at radius 3 is 3.00 bits per heavy atom. The molecule has 0 aliphatic carbocycles. The molecular formula is C11H12N4O2. The molecule has 3 rings (SSSR count). The summed E-state index contributed by atoms with van der Waals surface area (Å²) < 4.78 is 2.14. The van der Waals surface area contributed by atoms with E-state index in [-0.39, 0.29) is 10.6 Å². The molecule has 0 spiro atoms. The lowest BCUT2D eigenvalue weighted by Gasteiger charge is -2.23. The van der Waals surface area contributed by atoms with Gasteiger partial charge in [-0.3, -0.25) is 15.0 Å². The molecule has 0 unspecified atom stereocenters. The van der Waals surface area contributed by atoms with E-state index in [0.29, 0.717) is 5.52 Å². The van der Waals surface area contributed by atoms with Gasteiger partial charge in [0.05, 0.1) is 22.5 Å². The Morgan fingerprint density at radius 1 is 1.41 bits per heavy atom. The molecule has 0 saturated carbocycles. The maximum atomic E-state index is 10.7. The molecule has 6 nitrogen and oxygen atoms in total. The van der Waals surface area contributed by atoms with E-state index in [1.165, 1.54) is 6.07 Å². The molecule has 0 fully saturated rings. The summed E-state index contributed by atoms with van der Waals surface area (Å²) in [6.45, 7) is 2.66. The predicted octanol–water partition coefficient (Wildman–Crippen LogP) is 1.39. The first-order chi connectivity index (χ1) is 8.15. The number of fused-ring (bicyclic) bond motifs is 3. The van der Waals surface area contributed by atoms with E-state index in [1.54, 1.807) is 12.1 Å². The number of rotatable bonds is 1. The minimum Gasteiger partial charge on any atom is -0.326 e. The van der Waals surface area contributed by atoms with Gasteiger partial charge in [0.15, 0.2) is 0 Å². The van der Waals surface area contributed by atoms with Crippen LogP contribution in [0, 0.1) is 10.1 Å². The highest BCUT2D eigenvalue weighted by Crippen LogP contribution is 2.24. The minimum absolute atomic E-state index is 0.0984. The van der Waals surface area contributed by atoms with Gasteiger partial charge in [0.1, 0.15) is 5.82 Å². The fourth-order valence-electron chi connectivity index (χ4n) is 2.24. The van der Waals surface area contributed by atoms with E-state index in [0.717, 1.165) is 31.0 Å². The van der Waals surface area contributed by atoms with Crippen molar-refractivity contribution < 1.29 is 4.92 Å². The number of benzene rings is 1. The highest BCUT2D eigenvalue weighted by Gasteiger charge is 2.18. The summed E-state index contributed by atoms with van der Waals surface area (Å²) >= 11 is 0. The maximum absolute atomic E-state index is 10.7. The zero-order valence-electron chi connectivity index (χ0n) is 9.46. The lowest BCUT2D eigenvalue weighted by Crippen LogP contribution is -2.30. The lowest BCUT2D eigenvalue weighted by molar-refractivity contribution is -0.384. The molecule has 2 heterocycles. The smallest absolute Gasteiger partial charge is 0.271 e. The highest BCUT2D eigenvalue weighted by molar-refractivity contribution is 5.78. The van der Waals surface area contributed by atoms with Gasteiger partial charge in [0, 0.05) is 25.2 Å². The molecular weight excluding hydrogens is 220 g/mol. The summed E-state index contributed by atoms with van der Waals surface area (Å²) in [5.41, 5.74) is 1.80. The van der Waals surface area contributed by atoms with Gasteiger partial charge >= 0.3 is 0 Å². The summed E-state index contributed by atoms with van der Waals surface area (Å²) in [5.74, 6) is 0.981. The van der Waals surface area contributed by atoms with Crippen molar-refractivity contribution in [3.63, 3.8) is 0 Å². The predicted molar refractivity (Wildman–Crippen MR) is 62.7 cm³/mol. The number of hydrogen-bond donors (Lipinski definition) is 0. The quantitative estimate of drug-likeness (QED) is 0.550. The molecule has 1 aromatic carbocycles. The third-order valence-electron chi connectivity index (χ3n) is 3.14. The third-order valence-corrected chi connectivity index (χ3v) is 3.14. The van der Waals surface area contributed by atoms with Crippen LogP contribution in [0.15, 0.2) is 18.2 Å². The van der Waals surface area contributed by atoms with E-state index in [9.17, 15) is 10.1 Å². The Balaban J connectivity index is 2.17. The molecule has 17 heavy (non-hydrogen) atoms. The highest BCUT2D eigenvalue weighted by atomic mass is 16.6. The number of nitrogens with zero attached hydrogens (tertiary/aromatic N) is 4. The molecule has 1 aromatic heterocycles. The number of aromatic nitrogens is 2. The van der Waals surface area contributed by atoms with Gasteiger partial charge in [-0.1, -0.05) is 0 Å². The van der Waals surface area contributed by atoms with E-state index in [2.05, 4.69) is 14.5 Å². The summed E-state index contributed by atoms with van der Waals surface area (Å²) in [4.78, 5) is 17.0. The van der Waals surface area contributed by atoms with Crippen molar-refractivity contribution in [3.05, 3.63) is 34.1 Å². The van der Waals surface area contributed by atoms with Gasteiger partial charge in [-0.15, -0.1) is 0 Å². The van der Waals surface area contributed by atoms with Gasteiger partial charge in [0.2, 0.25) is 0 Å². The molecule has 88 valence electrons. The standard InChI is InChI=1S/C11H12N4O2/c1-13-4-5-14-10-3-2-8(15(16)17)6-9(10)12-11(14)7-13/h2-3,6H,4-5,7H2,1H3. The largest absolute Gasteiger partial charge is 0.326 e. The van der Waals surface area contributed by atoms with Crippen molar-refractivity contribution >= 4 is 16.7 Å². The summed E-state index contributed by atoms with van der Waals surface area (Å²) in [6.07, 6.45) is 0. The van der Waals surface area contributed by atoms with Crippen LogP contribution in [0.25, 0.3) is 11.0 Å². The minimum atomic E-state index is -0.385. The Labute approximate surface area is 97.6 Å². The molecule has 0 N–H and O–H groups in total. The van der Waals surface area contributed by atoms with Crippen molar-refractivity contribution in [2.75, 3.05) is 13.6 Å².